The van der Waals surface area contributed by atoms with Crippen molar-refractivity contribution in [2.45, 2.75) is 64.6 Å². The summed E-state index contributed by atoms with van der Waals surface area (Å²) in [7, 11) is 0. The van der Waals surface area contributed by atoms with E-state index in [1.54, 1.807) is 18.4 Å². The fourth-order valence-corrected chi connectivity index (χ4v) is 4.43. The van der Waals surface area contributed by atoms with Gasteiger partial charge in [0, 0.05) is 25.2 Å². The standard InChI is InChI=1S/C23H30FN7O/c1-14-22(27-17-7-5-4-6-16(17)26-14)18-10-21-28-20(30-9-8-15(24)12-30)11-19(31(21)29-18)25-13-23(2,3)32/h10-11,15,25,32H,4-9,12-13H2,1-3H3/t15-/m1/s1. The van der Waals surface area contributed by atoms with Gasteiger partial charge < -0.3 is 15.3 Å². The Hall–Kier alpha value is -2.81. The zero-order chi connectivity index (χ0) is 22.5. The van der Waals surface area contributed by atoms with Gasteiger partial charge in [0.1, 0.15) is 29.2 Å². The molecule has 1 saturated heterocycles. The van der Waals surface area contributed by atoms with E-state index in [2.05, 4.69) is 5.32 Å². The van der Waals surface area contributed by atoms with Crippen molar-refractivity contribution in [3.63, 3.8) is 0 Å². The highest BCUT2D eigenvalue weighted by Crippen LogP contribution is 2.29. The smallest absolute Gasteiger partial charge is 0.160 e. The molecule has 8 nitrogen and oxygen atoms in total. The number of halogens is 1. The average Bonchev–Trinajstić information content (AvgIpc) is 3.37. The molecule has 0 unspecified atom stereocenters. The molecule has 4 heterocycles. The summed E-state index contributed by atoms with van der Waals surface area (Å²) in [5.41, 5.74) is 4.26. The van der Waals surface area contributed by atoms with Gasteiger partial charge in [0.15, 0.2) is 5.65 Å². The molecule has 3 aromatic rings. The van der Waals surface area contributed by atoms with E-state index in [-0.39, 0.29) is 0 Å². The van der Waals surface area contributed by atoms with E-state index >= 15 is 0 Å². The van der Waals surface area contributed by atoms with Crippen LogP contribution in [0.2, 0.25) is 0 Å². The van der Waals surface area contributed by atoms with E-state index < -0.39 is 11.8 Å². The van der Waals surface area contributed by atoms with Crippen molar-refractivity contribution < 1.29 is 9.50 Å². The Bertz CT molecular complexity index is 1150. The van der Waals surface area contributed by atoms with Gasteiger partial charge in [-0.15, -0.1) is 0 Å². The Morgan fingerprint density at radius 1 is 1.16 bits per heavy atom. The average molecular weight is 440 g/mol. The van der Waals surface area contributed by atoms with Crippen LogP contribution >= 0.6 is 0 Å². The van der Waals surface area contributed by atoms with Crippen molar-refractivity contribution in [2.75, 3.05) is 29.9 Å². The predicted octanol–water partition coefficient (Wildman–Crippen LogP) is 3.10. The third kappa shape index (κ3) is 4.13. The quantitative estimate of drug-likeness (QED) is 0.631. The minimum absolute atomic E-state index is 0.337. The molecule has 2 N–H and O–H groups in total. The first-order chi connectivity index (χ1) is 15.3. The summed E-state index contributed by atoms with van der Waals surface area (Å²) in [5, 5.41) is 18.3. The Labute approximate surface area is 186 Å². The largest absolute Gasteiger partial charge is 0.389 e. The Morgan fingerprint density at radius 3 is 2.59 bits per heavy atom. The number of aliphatic hydroxyl groups is 1. The molecule has 0 bridgehead atoms. The van der Waals surface area contributed by atoms with Gasteiger partial charge in [0.25, 0.3) is 0 Å². The van der Waals surface area contributed by atoms with Crippen molar-refractivity contribution in [1.29, 1.82) is 0 Å². The maximum atomic E-state index is 13.8. The number of fused-ring (bicyclic) bond motifs is 2. The van der Waals surface area contributed by atoms with Crippen molar-refractivity contribution in [1.82, 2.24) is 24.6 Å². The van der Waals surface area contributed by atoms with E-state index in [1.165, 1.54) is 0 Å². The summed E-state index contributed by atoms with van der Waals surface area (Å²) in [6.07, 6.45) is 3.90. The molecule has 0 amide bonds. The fraction of sp³-hybridized carbons (Fsp3) is 0.565. The lowest BCUT2D eigenvalue weighted by molar-refractivity contribution is 0.0944. The van der Waals surface area contributed by atoms with Crippen LogP contribution in [0.1, 0.15) is 50.2 Å². The van der Waals surface area contributed by atoms with E-state index in [0.717, 1.165) is 48.5 Å². The zero-order valence-electron chi connectivity index (χ0n) is 18.9. The molecule has 170 valence electrons. The minimum Gasteiger partial charge on any atom is -0.389 e. The molecule has 2 aliphatic rings. The van der Waals surface area contributed by atoms with Crippen LogP contribution in [-0.4, -0.2) is 61.1 Å². The topological polar surface area (TPSA) is 91.5 Å². The summed E-state index contributed by atoms with van der Waals surface area (Å²) in [4.78, 5) is 16.4. The second-order valence-electron chi connectivity index (χ2n) is 9.56. The zero-order valence-corrected chi connectivity index (χ0v) is 18.9. The number of hydrogen-bond acceptors (Lipinski definition) is 7. The van der Waals surface area contributed by atoms with Gasteiger partial charge in [-0.3, -0.25) is 4.98 Å². The van der Waals surface area contributed by atoms with Crippen LogP contribution in [0.4, 0.5) is 16.0 Å². The molecule has 0 radical (unpaired) electrons. The number of alkyl halides is 1. The summed E-state index contributed by atoms with van der Waals surface area (Å²) in [5.74, 6) is 1.40. The predicted molar refractivity (Wildman–Crippen MR) is 122 cm³/mol. The molecule has 1 aliphatic carbocycles. The highest BCUT2D eigenvalue weighted by atomic mass is 19.1. The van der Waals surface area contributed by atoms with Gasteiger partial charge in [-0.2, -0.15) is 9.61 Å². The van der Waals surface area contributed by atoms with Crippen LogP contribution in [0.3, 0.4) is 0 Å². The minimum atomic E-state index is -0.899. The summed E-state index contributed by atoms with van der Waals surface area (Å²) < 4.78 is 15.6. The van der Waals surface area contributed by atoms with Gasteiger partial charge in [-0.05, 0) is 52.9 Å². The molecule has 1 atom stereocenters. The molecule has 32 heavy (non-hydrogen) atoms. The van der Waals surface area contributed by atoms with Crippen molar-refractivity contribution in [2.24, 2.45) is 0 Å². The van der Waals surface area contributed by atoms with Gasteiger partial charge in [-0.25, -0.2) is 14.4 Å². The lowest BCUT2D eigenvalue weighted by Gasteiger charge is -2.21. The Kier molecular flexibility index (Phi) is 5.23. The molecular weight excluding hydrogens is 409 g/mol. The van der Waals surface area contributed by atoms with Crippen LogP contribution in [0, 0.1) is 6.92 Å². The fourth-order valence-electron chi connectivity index (χ4n) is 4.43. The highest BCUT2D eigenvalue weighted by molar-refractivity contribution is 5.67. The SMILES string of the molecule is Cc1nc2c(nc1-c1cc3nc(N4CC[C@@H](F)C4)cc(NCC(C)(C)O)n3n1)CCCC2. The van der Waals surface area contributed by atoms with E-state index in [1.807, 2.05) is 24.0 Å². The van der Waals surface area contributed by atoms with Crippen LogP contribution < -0.4 is 10.2 Å². The van der Waals surface area contributed by atoms with Gasteiger partial charge in [0.2, 0.25) is 0 Å². The normalized spacial score (nSPS) is 18.9. The molecule has 9 heteroatoms. The van der Waals surface area contributed by atoms with E-state index in [4.69, 9.17) is 20.1 Å². The molecular formula is C23H30FN7O. The molecule has 3 aromatic heterocycles. The van der Waals surface area contributed by atoms with E-state index in [9.17, 15) is 9.50 Å². The monoisotopic (exact) mass is 439 g/mol. The maximum Gasteiger partial charge on any atom is 0.160 e. The number of nitrogens with one attached hydrogen (secondary N) is 1. The summed E-state index contributed by atoms with van der Waals surface area (Å²) in [6, 6.07) is 3.78. The molecule has 0 spiro atoms. The molecule has 1 aliphatic heterocycles. The van der Waals surface area contributed by atoms with Crippen molar-refractivity contribution >= 4 is 17.3 Å². The van der Waals surface area contributed by atoms with Crippen molar-refractivity contribution in [3.8, 4) is 11.4 Å². The third-order valence-corrected chi connectivity index (χ3v) is 6.12. The number of aromatic nitrogens is 5. The highest BCUT2D eigenvalue weighted by Gasteiger charge is 2.25. The molecule has 0 aromatic carbocycles. The first-order valence-electron chi connectivity index (χ1n) is 11.4. The number of anilines is 2. The second-order valence-corrected chi connectivity index (χ2v) is 9.56. The van der Waals surface area contributed by atoms with Crippen LogP contribution in [0.25, 0.3) is 17.0 Å². The molecule has 0 saturated carbocycles. The van der Waals surface area contributed by atoms with Crippen LogP contribution in [0.15, 0.2) is 12.1 Å². The maximum absolute atomic E-state index is 13.8. The Balaban J connectivity index is 1.58. The molecule has 5 rings (SSSR count). The summed E-state index contributed by atoms with van der Waals surface area (Å²) >= 11 is 0. The van der Waals surface area contributed by atoms with Gasteiger partial charge in [-0.1, -0.05) is 0 Å². The van der Waals surface area contributed by atoms with Gasteiger partial charge >= 0.3 is 0 Å². The first kappa shape index (κ1) is 21.1. The molecule has 1 fully saturated rings. The lowest BCUT2D eigenvalue weighted by Crippen LogP contribution is -2.30. The second kappa shape index (κ2) is 7.95. The van der Waals surface area contributed by atoms with Crippen molar-refractivity contribution in [3.05, 3.63) is 29.2 Å². The lowest BCUT2D eigenvalue weighted by atomic mass is 10.00. The van der Waals surface area contributed by atoms with Crippen LogP contribution in [-0.2, 0) is 12.8 Å². The van der Waals surface area contributed by atoms with Crippen LogP contribution in [0.5, 0.6) is 0 Å². The number of hydrogen-bond donors (Lipinski definition) is 2. The first-order valence-corrected chi connectivity index (χ1v) is 11.4. The summed E-state index contributed by atoms with van der Waals surface area (Å²) in [6.45, 7) is 6.77. The third-order valence-electron chi connectivity index (χ3n) is 6.12. The Morgan fingerprint density at radius 2 is 1.91 bits per heavy atom. The van der Waals surface area contributed by atoms with Gasteiger partial charge in [0.05, 0.1) is 29.2 Å². The number of aryl methyl sites for hydroxylation is 3. The number of nitrogens with zero attached hydrogens (tertiary/aromatic N) is 6. The number of rotatable bonds is 5. The van der Waals surface area contributed by atoms with E-state index in [0.29, 0.717) is 49.0 Å².